The fourth-order valence-corrected chi connectivity index (χ4v) is 2.08. The lowest BCUT2D eigenvalue weighted by Crippen LogP contribution is -1.99. The van der Waals surface area contributed by atoms with Crippen molar-refractivity contribution in [2.24, 2.45) is 4.99 Å². The summed E-state index contributed by atoms with van der Waals surface area (Å²) in [6.07, 6.45) is 5.18. The Morgan fingerprint density at radius 1 is 0.957 bits per heavy atom. The number of nitrogens with zero attached hydrogens (tertiary/aromatic N) is 1. The molecular formula is C19H18BrNO2. The van der Waals surface area contributed by atoms with Crippen LogP contribution in [0.25, 0.3) is 0 Å². The maximum atomic E-state index is 5.69. The Kier molecular flexibility index (Phi) is 6.63. The van der Waals surface area contributed by atoms with Crippen LogP contribution in [0.15, 0.2) is 77.2 Å². The van der Waals surface area contributed by atoms with Crippen LogP contribution in [0.2, 0.25) is 0 Å². The highest BCUT2D eigenvalue weighted by Crippen LogP contribution is 2.25. The van der Waals surface area contributed by atoms with Crippen molar-refractivity contribution in [3.8, 4) is 11.5 Å². The van der Waals surface area contributed by atoms with Crippen LogP contribution in [0.1, 0.15) is 5.56 Å². The van der Waals surface area contributed by atoms with Crippen LogP contribution in [0.3, 0.4) is 0 Å². The maximum absolute atomic E-state index is 5.69. The van der Waals surface area contributed by atoms with E-state index in [2.05, 4.69) is 34.1 Å². The van der Waals surface area contributed by atoms with E-state index in [0.29, 0.717) is 19.0 Å². The topological polar surface area (TPSA) is 30.8 Å². The zero-order valence-electron chi connectivity index (χ0n) is 12.7. The number of aliphatic imine (C=N–C) groups is 1. The molecule has 4 heteroatoms. The molecule has 0 fully saturated rings. The SMILES string of the molecule is C=CCOc1ccc(C=Nc2ccc(Br)cc2)c(OCC=C)c1. The van der Waals surface area contributed by atoms with Crippen LogP contribution >= 0.6 is 15.9 Å². The van der Waals surface area contributed by atoms with E-state index in [0.717, 1.165) is 21.5 Å². The van der Waals surface area contributed by atoms with Crippen molar-refractivity contribution in [1.29, 1.82) is 0 Å². The Labute approximate surface area is 145 Å². The van der Waals surface area contributed by atoms with Crippen molar-refractivity contribution in [1.82, 2.24) is 0 Å². The van der Waals surface area contributed by atoms with Gasteiger partial charge in [-0.2, -0.15) is 0 Å². The second kappa shape index (κ2) is 8.96. The van der Waals surface area contributed by atoms with Gasteiger partial charge >= 0.3 is 0 Å². The predicted molar refractivity (Wildman–Crippen MR) is 99.2 cm³/mol. The van der Waals surface area contributed by atoms with E-state index in [1.54, 1.807) is 18.4 Å². The van der Waals surface area contributed by atoms with Crippen molar-refractivity contribution in [3.05, 3.63) is 77.8 Å². The van der Waals surface area contributed by atoms with Crippen LogP contribution in [-0.2, 0) is 0 Å². The summed E-state index contributed by atoms with van der Waals surface area (Å²) in [5.74, 6) is 1.43. The zero-order valence-corrected chi connectivity index (χ0v) is 14.3. The molecule has 0 bridgehead atoms. The van der Waals surface area contributed by atoms with E-state index < -0.39 is 0 Å². The molecule has 118 valence electrons. The molecule has 0 radical (unpaired) electrons. The molecule has 0 saturated carbocycles. The van der Waals surface area contributed by atoms with Gasteiger partial charge in [0.05, 0.1) is 5.69 Å². The summed E-state index contributed by atoms with van der Waals surface area (Å²) >= 11 is 3.41. The second-order valence-electron chi connectivity index (χ2n) is 4.63. The first kappa shape index (κ1) is 17.0. The summed E-state index contributed by atoms with van der Waals surface area (Å²) in [5, 5.41) is 0. The molecule has 23 heavy (non-hydrogen) atoms. The Hall–Kier alpha value is -2.33. The third kappa shape index (κ3) is 5.42. The van der Waals surface area contributed by atoms with Crippen LogP contribution < -0.4 is 9.47 Å². The van der Waals surface area contributed by atoms with E-state index in [9.17, 15) is 0 Å². The van der Waals surface area contributed by atoms with Gasteiger partial charge in [0.25, 0.3) is 0 Å². The minimum atomic E-state index is 0.421. The number of ether oxygens (including phenoxy) is 2. The summed E-state index contributed by atoms with van der Waals surface area (Å²) in [6.45, 7) is 8.18. The van der Waals surface area contributed by atoms with Gasteiger partial charge in [-0.1, -0.05) is 41.2 Å². The lowest BCUT2D eigenvalue weighted by molar-refractivity contribution is 0.344. The average molecular weight is 372 g/mol. The van der Waals surface area contributed by atoms with Crippen LogP contribution in [-0.4, -0.2) is 19.4 Å². The second-order valence-corrected chi connectivity index (χ2v) is 5.55. The molecule has 2 aromatic rings. The quantitative estimate of drug-likeness (QED) is 0.463. The largest absolute Gasteiger partial charge is 0.489 e. The molecule has 2 rings (SSSR count). The van der Waals surface area contributed by atoms with Gasteiger partial charge in [0.2, 0.25) is 0 Å². The van der Waals surface area contributed by atoms with Crippen LogP contribution in [0.5, 0.6) is 11.5 Å². The van der Waals surface area contributed by atoms with Crippen molar-refractivity contribution < 1.29 is 9.47 Å². The summed E-state index contributed by atoms with van der Waals surface area (Å²) in [7, 11) is 0. The highest BCUT2D eigenvalue weighted by atomic mass is 79.9. The van der Waals surface area contributed by atoms with Gasteiger partial charge in [-0.3, -0.25) is 4.99 Å². The zero-order chi connectivity index (χ0) is 16.5. The molecule has 0 atom stereocenters. The fourth-order valence-electron chi connectivity index (χ4n) is 1.81. The van der Waals surface area contributed by atoms with Gasteiger partial charge < -0.3 is 9.47 Å². The number of hydrogen-bond donors (Lipinski definition) is 0. The number of rotatable bonds is 8. The third-order valence-electron chi connectivity index (χ3n) is 2.89. The molecule has 0 aliphatic carbocycles. The molecule has 0 aromatic heterocycles. The molecule has 0 aliphatic heterocycles. The first-order chi connectivity index (χ1) is 11.2. The molecule has 0 saturated heterocycles. The minimum absolute atomic E-state index is 0.421. The fraction of sp³-hybridized carbons (Fsp3) is 0.105. The van der Waals surface area contributed by atoms with Crippen molar-refractivity contribution in [3.63, 3.8) is 0 Å². The highest BCUT2D eigenvalue weighted by molar-refractivity contribution is 9.10. The number of halogens is 1. The molecule has 0 unspecified atom stereocenters. The minimum Gasteiger partial charge on any atom is -0.489 e. The smallest absolute Gasteiger partial charge is 0.132 e. The summed E-state index contributed by atoms with van der Waals surface area (Å²) in [4.78, 5) is 4.47. The van der Waals surface area contributed by atoms with Gasteiger partial charge in [-0.25, -0.2) is 0 Å². The Balaban J connectivity index is 2.22. The molecule has 0 spiro atoms. The highest BCUT2D eigenvalue weighted by Gasteiger charge is 2.04. The Morgan fingerprint density at radius 2 is 1.65 bits per heavy atom. The maximum Gasteiger partial charge on any atom is 0.132 e. The predicted octanol–water partition coefficient (Wildman–Crippen LogP) is 5.33. The monoisotopic (exact) mass is 371 g/mol. The van der Waals surface area contributed by atoms with Gasteiger partial charge in [-0.05, 0) is 36.4 Å². The van der Waals surface area contributed by atoms with E-state index in [-0.39, 0.29) is 0 Å². The van der Waals surface area contributed by atoms with Crippen LogP contribution in [0, 0.1) is 0 Å². The lowest BCUT2D eigenvalue weighted by Gasteiger charge is -2.10. The normalized spacial score (nSPS) is 10.5. The standard InChI is InChI=1S/C19H18BrNO2/c1-3-11-22-18-10-5-15(19(13-18)23-12-4-2)14-21-17-8-6-16(20)7-9-17/h3-10,13-14H,1-2,11-12H2. The first-order valence-corrected chi connectivity index (χ1v) is 7.93. The average Bonchev–Trinajstić information content (AvgIpc) is 2.58. The van der Waals surface area contributed by atoms with Crippen molar-refractivity contribution in [2.75, 3.05) is 13.2 Å². The molecular weight excluding hydrogens is 354 g/mol. The van der Waals surface area contributed by atoms with E-state index in [1.807, 2.05) is 42.5 Å². The van der Waals surface area contributed by atoms with Gasteiger partial charge in [0.1, 0.15) is 24.7 Å². The van der Waals surface area contributed by atoms with Crippen LogP contribution in [0.4, 0.5) is 5.69 Å². The first-order valence-electron chi connectivity index (χ1n) is 7.14. The molecule has 0 heterocycles. The van der Waals surface area contributed by atoms with E-state index in [1.165, 1.54) is 0 Å². The van der Waals surface area contributed by atoms with E-state index >= 15 is 0 Å². The van der Waals surface area contributed by atoms with Crippen molar-refractivity contribution in [2.45, 2.75) is 0 Å². The van der Waals surface area contributed by atoms with Gasteiger partial charge in [0.15, 0.2) is 0 Å². The summed E-state index contributed by atoms with van der Waals surface area (Å²) in [5.41, 5.74) is 1.75. The number of hydrogen-bond acceptors (Lipinski definition) is 3. The third-order valence-corrected chi connectivity index (χ3v) is 3.42. The van der Waals surface area contributed by atoms with Crippen molar-refractivity contribution >= 4 is 27.8 Å². The van der Waals surface area contributed by atoms with Gasteiger partial charge in [-0.15, -0.1) is 0 Å². The molecule has 0 aliphatic rings. The summed E-state index contributed by atoms with van der Waals surface area (Å²) in [6, 6.07) is 13.4. The van der Waals surface area contributed by atoms with E-state index in [4.69, 9.17) is 9.47 Å². The molecule has 3 nitrogen and oxygen atoms in total. The molecule has 2 aromatic carbocycles. The van der Waals surface area contributed by atoms with Gasteiger partial charge in [0, 0.05) is 22.3 Å². The Bertz CT molecular complexity index is 693. The lowest BCUT2D eigenvalue weighted by atomic mass is 10.2. The summed E-state index contributed by atoms with van der Waals surface area (Å²) < 4.78 is 12.2. The molecule has 0 N–H and O–H groups in total. The number of benzene rings is 2. The Morgan fingerprint density at radius 3 is 2.35 bits per heavy atom. The molecule has 0 amide bonds.